The van der Waals surface area contributed by atoms with Gasteiger partial charge in [-0.15, -0.1) is 12.6 Å². The summed E-state index contributed by atoms with van der Waals surface area (Å²) in [5, 5.41) is 10.2. The minimum atomic E-state index is -0.496. The van der Waals surface area contributed by atoms with Gasteiger partial charge in [-0.05, 0) is 0 Å². The van der Waals surface area contributed by atoms with Gasteiger partial charge in [0.2, 0.25) is 0 Å². The van der Waals surface area contributed by atoms with Gasteiger partial charge in [-0.25, -0.2) is 0 Å². The molecule has 0 aliphatic heterocycles. The van der Waals surface area contributed by atoms with Crippen LogP contribution in [0.5, 0.6) is 0 Å². The van der Waals surface area contributed by atoms with Crippen LogP contribution in [-0.4, -0.2) is 9.91 Å². The van der Waals surface area contributed by atoms with E-state index in [4.69, 9.17) is 0 Å². The van der Waals surface area contributed by atoms with Crippen LogP contribution in [0, 0.1) is 10.1 Å². The second-order valence-electron chi connectivity index (χ2n) is 1.62. The van der Waals surface area contributed by atoms with Crippen molar-refractivity contribution in [2.24, 2.45) is 0 Å². The van der Waals surface area contributed by atoms with Gasteiger partial charge in [-0.2, -0.15) is 0 Å². The molecule has 0 radical (unpaired) electrons. The summed E-state index contributed by atoms with van der Waals surface area (Å²) < 4.78 is 0. The molecule has 1 aromatic rings. The molecule has 1 heterocycles. The van der Waals surface area contributed by atoms with Crippen molar-refractivity contribution in [3.63, 3.8) is 0 Å². The molecule has 0 spiro atoms. The predicted octanol–water partition coefficient (Wildman–Crippen LogP) is 1.28. The summed E-state index contributed by atoms with van der Waals surface area (Å²) >= 11 is 3.83. The lowest BCUT2D eigenvalue weighted by atomic mass is 10.4. The van der Waals surface area contributed by atoms with Gasteiger partial charge in [0.05, 0.1) is 4.92 Å². The van der Waals surface area contributed by atoms with E-state index in [1.165, 1.54) is 18.5 Å². The van der Waals surface area contributed by atoms with Crippen LogP contribution in [0.2, 0.25) is 0 Å². The van der Waals surface area contributed by atoms with Crippen molar-refractivity contribution >= 4 is 18.3 Å². The zero-order valence-corrected chi connectivity index (χ0v) is 5.78. The van der Waals surface area contributed by atoms with Crippen LogP contribution in [0.15, 0.2) is 23.4 Å². The van der Waals surface area contributed by atoms with Crippen molar-refractivity contribution in [1.82, 2.24) is 4.98 Å². The average molecular weight is 156 g/mol. The van der Waals surface area contributed by atoms with Crippen LogP contribution >= 0.6 is 12.6 Å². The second-order valence-corrected chi connectivity index (χ2v) is 2.10. The number of hydrogen-bond acceptors (Lipinski definition) is 4. The third kappa shape index (κ3) is 1.24. The minimum Gasteiger partial charge on any atom is -0.263 e. The molecular weight excluding hydrogens is 152 g/mol. The van der Waals surface area contributed by atoms with E-state index < -0.39 is 4.92 Å². The maximum atomic E-state index is 10.2. The Bertz CT molecular complexity index is 264. The van der Waals surface area contributed by atoms with Gasteiger partial charge < -0.3 is 0 Å². The van der Waals surface area contributed by atoms with E-state index in [0.29, 0.717) is 0 Å². The summed E-state index contributed by atoms with van der Waals surface area (Å²) in [4.78, 5) is 13.6. The summed E-state index contributed by atoms with van der Waals surface area (Å²) in [5.41, 5.74) is -0.0154. The van der Waals surface area contributed by atoms with Gasteiger partial charge in [0, 0.05) is 18.5 Å². The van der Waals surface area contributed by atoms with Crippen LogP contribution in [0.3, 0.4) is 0 Å². The largest absolute Gasteiger partial charge is 0.285 e. The molecule has 1 aromatic heterocycles. The number of pyridine rings is 1. The smallest absolute Gasteiger partial charge is 0.263 e. The van der Waals surface area contributed by atoms with Gasteiger partial charge in [0.15, 0.2) is 0 Å². The van der Waals surface area contributed by atoms with Crippen molar-refractivity contribution < 1.29 is 4.92 Å². The first kappa shape index (κ1) is 7.01. The van der Waals surface area contributed by atoms with Crippen LogP contribution in [-0.2, 0) is 0 Å². The van der Waals surface area contributed by atoms with Crippen LogP contribution < -0.4 is 0 Å². The molecule has 1 rings (SSSR count). The molecule has 0 saturated carbocycles. The molecule has 0 unspecified atom stereocenters. The minimum absolute atomic E-state index is 0.0154. The van der Waals surface area contributed by atoms with E-state index in [0.717, 1.165) is 0 Å². The van der Waals surface area contributed by atoms with Gasteiger partial charge in [-0.3, -0.25) is 15.1 Å². The standard InChI is InChI=1S/C5H4N2O2S/c8-7(9)4-1-2-6-3-5(4)10/h1-3,10H. The Morgan fingerprint density at radius 1 is 1.70 bits per heavy atom. The third-order valence-electron chi connectivity index (χ3n) is 0.974. The Hall–Kier alpha value is -1.10. The van der Waals surface area contributed by atoms with Gasteiger partial charge in [-0.1, -0.05) is 0 Å². The Kier molecular flexibility index (Phi) is 1.86. The van der Waals surface area contributed by atoms with E-state index >= 15 is 0 Å². The number of nitro groups is 1. The monoisotopic (exact) mass is 156 g/mol. The maximum Gasteiger partial charge on any atom is 0.285 e. The average Bonchev–Trinajstić information content (AvgIpc) is 1.88. The summed E-state index contributed by atoms with van der Waals surface area (Å²) in [7, 11) is 0. The van der Waals surface area contributed by atoms with Crippen molar-refractivity contribution in [1.29, 1.82) is 0 Å². The van der Waals surface area contributed by atoms with Gasteiger partial charge in [0.1, 0.15) is 4.90 Å². The zero-order chi connectivity index (χ0) is 7.56. The van der Waals surface area contributed by atoms with Crippen molar-refractivity contribution in [3.05, 3.63) is 28.6 Å². The number of nitrogens with zero attached hydrogens (tertiary/aromatic N) is 2. The fraction of sp³-hybridized carbons (Fsp3) is 0. The topological polar surface area (TPSA) is 56.0 Å². The Morgan fingerprint density at radius 3 is 2.80 bits per heavy atom. The lowest BCUT2D eigenvalue weighted by Gasteiger charge is -1.91. The SMILES string of the molecule is O=[N+]([O-])c1ccncc1S. The Morgan fingerprint density at radius 2 is 2.40 bits per heavy atom. The molecule has 0 bridgehead atoms. The number of rotatable bonds is 1. The van der Waals surface area contributed by atoms with E-state index in [1.807, 2.05) is 0 Å². The van der Waals surface area contributed by atoms with Crippen molar-refractivity contribution in [3.8, 4) is 0 Å². The number of thiol groups is 1. The van der Waals surface area contributed by atoms with E-state index in [2.05, 4.69) is 17.6 Å². The molecule has 0 aromatic carbocycles. The highest BCUT2D eigenvalue weighted by Crippen LogP contribution is 2.18. The highest BCUT2D eigenvalue weighted by Gasteiger charge is 2.07. The predicted molar refractivity (Wildman–Crippen MR) is 38.1 cm³/mol. The highest BCUT2D eigenvalue weighted by atomic mass is 32.1. The summed E-state index contributed by atoms with van der Waals surface area (Å²) in [5.74, 6) is 0. The van der Waals surface area contributed by atoms with E-state index in [1.54, 1.807) is 0 Å². The Balaban J connectivity index is 3.15. The third-order valence-corrected chi connectivity index (χ3v) is 1.32. The van der Waals surface area contributed by atoms with E-state index in [-0.39, 0.29) is 10.6 Å². The molecule has 0 aliphatic rings. The molecular formula is C5H4N2O2S. The number of hydrogen-bond donors (Lipinski definition) is 1. The second kappa shape index (κ2) is 2.66. The van der Waals surface area contributed by atoms with Crippen LogP contribution in [0.4, 0.5) is 5.69 Å². The molecule has 0 saturated heterocycles. The fourth-order valence-electron chi connectivity index (χ4n) is 0.533. The quantitative estimate of drug-likeness (QED) is 0.378. The normalized spacial score (nSPS) is 9.30. The molecule has 5 heteroatoms. The van der Waals surface area contributed by atoms with Crippen LogP contribution in [0.25, 0.3) is 0 Å². The molecule has 0 N–H and O–H groups in total. The number of aromatic nitrogens is 1. The first-order valence-corrected chi connectivity index (χ1v) is 2.94. The summed E-state index contributed by atoms with van der Waals surface area (Å²) in [6.45, 7) is 0. The first-order chi connectivity index (χ1) is 4.72. The maximum absolute atomic E-state index is 10.2. The van der Waals surface area contributed by atoms with Crippen LogP contribution in [0.1, 0.15) is 0 Å². The molecule has 0 fully saturated rings. The van der Waals surface area contributed by atoms with Crippen molar-refractivity contribution in [2.45, 2.75) is 4.90 Å². The molecule has 52 valence electrons. The summed E-state index contributed by atoms with van der Waals surface area (Å²) in [6, 6.07) is 1.31. The first-order valence-electron chi connectivity index (χ1n) is 2.49. The molecule has 0 aliphatic carbocycles. The fourth-order valence-corrected chi connectivity index (χ4v) is 0.756. The van der Waals surface area contributed by atoms with E-state index in [9.17, 15) is 10.1 Å². The molecule has 0 atom stereocenters. The van der Waals surface area contributed by atoms with Crippen molar-refractivity contribution in [2.75, 3.05) is 0 Å². The summed E-state index contributed by atoms with van der Waals surface area (Å²) in [6.07, 6.45) is 2.69. The van der Waals surface area contributed by atoms with Gasteiger partial charge >= 0.3 is 0 Å². The lowest BCUT2D eigenvalue weighted by molar-refractivity contribution is -0.387. The molecule has 10 heavy (non-hydrogen) atoms. The highest BCUT2D eigenvalue weighted by molar-refractivity contribution is 7.80. The lowest BCUT2D eigenvalue weighted by Crippen LogP contribution is -1.88. The molecule has 4 nitrogen and oxygen atoms in total. The zero-order valence-electron chi connectivity index (χ0n) is 4.89. The van der Waals surface area contributed by atoms with Gasteiger partial charge in [0.25, 0.3) is 5.69 Å². The Labute approximate surface area is 62.5 Å². The molecule has 0 amide bonds.